The van der Waals surface area contributed by atoms with E-state index in [9.17, 15) is 14.7 Å². The predicted molar refractivity (Wildman–Crippen MR) is 92.1 cm³/mol. The maximum absolute atomic E-state index is 11.7. The number of hydrogen-bond acceptors (Lipinski definition) is 9. The zero-order valence-electron chi connectivity index (χ0n) is 13.6. The van der Waals surface area contributed by atoms with Gasteiger partial charge < -0.3 is 19.3 Å². The summed E-state index contributed by atoms with van der Waals surface area (Å²) < 4.78 is 14.6. The molecule has 2 rings (SSSR count). The topological polar surface area (TPSA) is 119 Å². The van der Waals surface area contributed by atoms with Crippen LogP contribution in [0, 0.1) is 0 Å². The van der Waals surface area contributed by atoms with Crippen LogP contribution in [0.2, 0.25) is 0 Å². The molecule has 9 nitrogen and oxygen atoms in total. The Bertz CT molecular complexity index is 788. The number of hydrogen-bond donors (Lipinski definition) is 2. The van der Waals surface area contributed by atoms with Crippen molar-refractivity contribution in [3.05, 3.63) is 28.7 Å². The maximum Gasteiger partial charge on any atom is 0.331 e. The predicted octanol–water partition coefficient (Wildman–Crippen LogP) is 1.02. The van der Waals surface area contributed by atoms with E-state index >= 15 is 0 Å². The fraction of sp³-hybridized carbons (Fsp3) is 0.200. The van der Waals surface area contributed by atoms with Gasteiger partial charge in [0, 0.05) is 6.08 Å². The van der Waals surface area contributed by atoms with E-state index in [0.29, 0.717) is 5.75 Å². The Morgan fingerprint density at radius 1 is 1.24 bits per heavy atom. The number of aromatic hydroxyl groups is 1. The van der Waals surface area contributed by atoms with Gasteiger partial charge in [0.15, 0.2) is 16.7 Å². The van der Waals surface area contributed by atoms with Crippen molar-refractivity contribution in [3.8, 4) is 17.2 Å². The second-order valence-corrected chi connectivity index (χ2v) is 5.50. The fourth-order valence-electron chi connectivity index (χ4n) is 1.82. The number of amides is 1. The second kappa shape index (κ2) is 8.20. The van der Waals surface area contributed by atoms with E-state index in [4.69, 9.17) is 9.47 Å². The number of nitrogens with zero attached hydrogens (tertiary/aromatic N) is 2. The van der Waals surface area contributed by atoms with Gasteiger partial charge in [-0.3, -0.25) is 10.1 Å². The number of carbonyl (C=O) groups is 2. The third-order valence-electron chi connectivity index (χ3n) is 3.02. The fourth-order valence-corrected chi connectivity index (χ4v) is 2.56. The minimum Gasteiger partial charge on any atom is -0.504 e. The molecule has 25 heavy (non-hydrogen) atoms. The number of ether oxygens (including phenoxy) is 3. The molecule has 1 amide bonds. The van der Waals surface area contributed by atoms with Gasteiger partial charge in [0.05, 0.1) is 38.0 Å². The Morgan fingerprint density at radius 3 is 2.56 bits per heavy atom. The van der Waals surface area contributed by atoms with Gasteiger partial charge in [0.1, 0.15) is 5.75 Å². The number of nitrogens with one attached hydrogen (secondary N) is 1. The highest BCUT2D eigenvalue weighted by atomic mass is 32.2. The number of methoxy groups -OCH3 is 3. The average Bonchev–Trinajstić information content (AvgIpc) is 2.95. The lowest BCUT2D eigenvalue weighted by atomic mass is 10.2. The van der Waals surface area contributed by atoms with Crippen LogP contribution in [0.15, 0.2) is 33.3 Å². The smallest absolute Gasteiger partial charge is 0.331 e. The lowest BCUT2D eigenvalue weighted by molar-refractivity contribution is -0.135. The Labute approximate surface area is 147 Å². The number of rotatable bonds is 5. The number of carbonyl (C=O) groups excluding carboxylic acids is 2. The van der Waals surface area contributed by atoms with E-state index < -0.39 is 11.9 Å². The number of phenolic OH excluding ortho intramolecular Hbond substituents is 1. The molecule has 0 spiro atoms. The molecule has 1 aliphatic heterocycles. The van der Waals surface area contributed by atoms with E-state index in [2.05, 4.69) is 20.3 Å². The monoisotopic (exact) mass is 365 g/mol. The summed E-state index contributed by atoms with van der Waals surface area (Å²) in [5, 5.41) is 20.4. The summed E-state index contributed by atoms with van der Waals surface area (Å²) in [7, 11) is 4.08. The van der Waals surface area contributed by atoms with Gasteiger partial charge in [-0.25, -0.2) is 4.79 Å². The minimum atomic E-state index is -0.645. The van der Waals surface area contributed by atoms with Crippen LogP contribution in [0.5, 0.6) is 17.2 Å². The third kappa shape index (κ3) is 4.29. The van der Waals surface area contributed by atoms with Crippen molar-refractivity contribution in [1.29, 1.82) is 0 Å². The summed E-state index contributed by atoms with van der Waals surface area (Å²) in [6.45, 7) is 0. The molecule has 1 aliphatic rings. The molecule has 132 valence electrons. The van der Waals surface area contributed by atoms with Gasteiger partial charge in [0.2, 0.25) is 0 Å². The van der Waals surface area contributed by atoms with E-state index in [-0.39, 0.29) is 27.1 Å². The lowest BCUT2D eigenvalue weighted by Gasteiger charge is -2.09. The van der Waals surface area contributed by atoms with E-state index in [1.54, 1.807) is 12.1 Å². The van der Waals surface area contributed by atoms with Crippen LogP contribution in [-0.2, 0) is 14.3 Å². The van der Waals surface area contributed by atoms with Gasteiger partial charge in [0.25, 0.3) is 5.91 Å². The summed E-state index contributed by atoms with van der Waals surface area (Å²) in [6.07, 6.45) is 2.32. The summed E-state index contributed by atoms with van der Waals surface area (Å²) in [5.74, 6) is -0.654. The van der Waals surface area contributed by atoms with Crippen molar-refractivity contribution in [2.45, 2.75) is 0 Å². The molecular weight excluding hydrogens is 350 g/mol. The Kier molecular flexibility index (Phi) is 6.01. The van der Waals surface area contributed by atoms with E-state index in [0.717, 1.165) is 17.8 Å². The molecule has 2 N–H and O–H groups in total. The van der Waals surface area contributed by atoms with Crippen molar-refractivity contribution < 1.29 is 28.9 Å². The highest BCUT2D eigenvalue weighted by molar-refractivity contribution is 8.18. The van der Waals surface area contributed by atoms with E-state index in [1.807, 2.05) is 0 Å². The first-order valence-electron chi connectivity index (χ1n) is 6.84. The van der Waals surface area contributed by atoms with Crippen molar-refractivity contribution >= 4 is 35.0 Å². The standard InChI is InChI=1S/C15H15N3O6S/c1-22-9-4-5-10(23-2)13(20)8(9)7-16-18-15-17-14(21)11(25-15)6-12(19)24-3/h4-7,20H,1-3H3,(H,17,18,21)/b11-6+,16-7?. The van der Waals surface area contributed by atoms with Gasteiger partial charge in [-0.1, -0.05) is 0 Å². The first-order chi connectivity index (χ1) is 12.0. The molecular formula is C15H15N3O6S. The first kappa shape index (κ1) is 18.3. The van der Waals surface area contributed by atoms with Crippen LogP contribution in [0.3, 0.4) is 0 Å². The third-order valence-corrected chi connectivity index (χ3v) is 3.92. The molecule has 1 aromatic rings. The van der Waals surface area contributed by atoms with Crippen LogP contribution < -0.4 is 14.8 Å². The molecule has 1 fully saturated rings. The summed E-state index contributed by atoms with van der Waals surface area (Å²) in [5.41, 5.74) is 0.269. The number of thioether (sulfide) groups is 1. The number of amidine groups is 1. The van der Waals surface area contributed by atoms with Gasteiger partial charge in [-0.2, -0.15) is 5.10 Å². The molecule has 0 bridgehead atoms. The summed E-state index contributed by atoms with van der Waals surface area (Å²) in [6, 6.07) is 3.16. The Balaban J connectivity index is 2.21. The van der Waals surface area contributed by atoms with Crippen LogP contribution in [0.25, 0.3) is 0 Å². The molecule has 0 saturated carbocycles. The number of esters is 1. The highest BCUT2D eigenvalue weighted by Crippen LogP contribution is 2.35. The van der Waals surface area contributed by atoms with Crippen LogP contribution in [0.1, 0.15) is 5.56 Å². The maximum atomic E-state index is 11.7. The van der Waals surface area contributed by atoms with E-state index in [1.165, 1.54) is 27.5 Å². The van der Waals surface area contributed by atoms with Gasteiger partial charge in [-0.05, 0) is 23.9 Å². The first-order valence-corrected chi connectivity index (χ1v) is 7.65. The average molecular weight is 365 g/mol. The molecule has 10 heteroatoms. The number of phenols is 1. The molecule has 1 saturated heterocycles. The lowest BCUT2D eigenvalue weighted by Crippen LogP contribution is -2.19. The minimum absolute atomic E-state index is 0.141. The molecule has 1 heterocycles. The largest absolute Gasteiger partial charge is 0.504 e. The molecule has 1 aromatic carbocycles. The van der Waals surface area contributed by atoms with Crippen LogP contribution >= 0.6 is 11.8 Å². The molecule has 0 aliphatic carbocycles. The second-order valence-electron chi connectivity index (χ2n) is 4.47. The molecule has 0 unspecified atom stereocenters. The van der Waals surface area contributed by atoms with Crippen LogP contribution in [0.4, 0.5) is 0 Å². The zero-order valence-corrected chi connectivity index (χ0v) is 14.4. The number of benzene rings is 1. The van der Waals surface area contributed by atoms with Crippen molar-refractivity contribution in [2.24, 2.45) is 10.2 Å². The summed E-state index contributed by atoms with van der Waals surface area (Å²) in [4.78, 5) is 23.0. The molecule has 0 radical (unpaired) electrons. The SMILES string of the molecule is COC(=O)/C=C1/S/C(=N\N=Cc2c(OC)ccc(OC)c2O)NC1=O. The van der Waals surface area contributed by atoms with Crippen molar-refractivity contribution in [3.63, 3.8) is 0 Å². The van der Waals surface area contributed by atoms with Crippen molar-refractivity contribution in [1.82, 2.24) is 5.32 Å². The molecule has 0 aromatic heterocycles. The van der Waals surface area contributed by atoms with Crippen LogP contribution in [-0.4, -0.2) is 49.7 Å². The van der Waals surface area contributed by atoms with Gasteiger partial charge in [-0.15, -0.1) is 5.10 Å². The Hall–Kier alpha value is -3.01. The normalized spacial score (nSPS) is 17.2. The quantitative estimate of drug-likeness (QED) is 0.346. The van der Waals surface area contributed by atoms with Gasteiger partial charge >= 0.3 is 5.97 Å². The molecule has 0 atom stereocenters. The van der Waals surface area contributed by atoms with Crippen molar-refractivity contribution in [2.75, 3.05) is 21.3 Å². The zero-order chi connectivity index (χ0) is 18.4. The summed E-state index contributed by atoms with van der Waals surface area (Å²) >= 11 is 0.937. The highest BCUT2D eigenvalue weighted by Gasteiger charge is 2.25. The Morgan fingerprint density at radius 2 is 1.92 bits per heavy atom.